The zero-order chi connectivity index (χ0) is 16.2. The Balaban J connectivity index is 3.06. The molecule has 0 fully saturated rings. The Kier molecular flexibility index (Phi) is 5.68. The lowest BCUT2D eigenvalue weighted by atomic mass is 10.0. The Morgan fingerprint density at radius 1 is 1.33 bits per heavy atom. The maximum atomic E-state index is 13.4. The second-order valence-corrected chi connectivity index (χ2v) is 4.57. The number of aliphatic hydroxyl groups is 1. The third-order valence-electron chi connectivity index (χ3n) is 2.75. The highest BCUT2D eigenvalue weighted by Gasteiger charge is 2.31. The molecule has 0 bridgehead atoms. The normalized spacial score (nSPS) is 12.0. The lowest BCUT2D eigenvalue weighted by Gasteiger charge is -2.23. The van der Waals surface area contributed by atoms with Crippen molar-refractivity contribution in [1.82, 2.24) is 4.90 Å². The van der Waals surface area contributed by atoms with E-state index in [1.165, 1.54) is 0 Å². The van der Waals surface area contributed by atoms with E-state index in [0.717, 1.165) is 24.0 Å². The van der Waals surface area contributed by atoms with Crippen molar-refractivity contribution >= 4 is 5.78 Å². The summed E-state index contributed by atoms with van der Waals surface area (Å²) in [5.74, 6) is -1.98. The number of benzene rings is 1. The first-order valence-electron chi connectivity index (χ1n) is 6.06. The van der Waals surface area contributed by atoms with Crippen molar-refractivity contribution in [2.45, 2.75) is 19.6 Å². The van der Waals surface area contributed by atoms with Crippen molar-refractivity contribution in [2.75, 3.05) is 19.7 Å². The van der Waals surface area contributed by atoms with E-state index in [0.29, 0.717) is 0 Å². The number of rotatable bonds is 6. The topological polar surface area (TPSA) is 60.8 Å². The van der Waals surface area contributed by atoms with E-state index in [1.54, 1.807) is 0 Å². The van der Waals surface area contributed by atoms with E-state index in [1.807, 2.05) is 0 Å². The highest BCUT2D eigenvalue weighted by molar-refractivity contribution is 5.97. The molecule has 0 saturated carbocycles. The number of carbonyl (C=O) groups excluding carboxylic acids is 1. The average molecular weight is 309 g/mol. The molecule has 2 N–H and O–H groups in total. The number of halogens is 4. The van der Waals surface area contributed by atoms with Crippen LogP contribution in [0.1, 0.15) is 22.8 Å². The molecule has 0 heterocycles. The fourth-order valence-electron chi connectivity index (χ4n) is 1.89. The van der Waals surface area contributed by atoms with Gasteiger partial charge < -0.3 is 10.2 Å². The Hall–Kier alpha value is -1.67. The smallest absolute Gasteiger partial charge is 0.401 e. The number of hydrogen-bond acceptors (Lipinski definition) is 4. The van der Waals surface area contributed by atoms with Gasteiger partial charge in [-0.25, -0.2) is 4.39 Å². The van der Waals surface area contributed by atoms with E-state index in [4.69, 9.17) is 5.11 Å². The number of phenolic OH excluding ortho intramolecular Hbond substituents is 1. The highest BCUT2D eigenvalue weighted by atomic mass is 19.4. The third-order valence-corrected chi connectivity index (χ3v) is 2.75. The van der Waals surface area contributed by atoms with Crippen molar-refractivity contribution in [3.05, 3.63) is 29.1 Å². The second kappa shape index (κ2) is 6.86. The van der Waals surface area contributed by atoms with Crippen LogP contribution in [-0.2, 0) is 6.54 Å². The van der Waals surface area contributed by atoms with Crippen LogP contribution < -0.4 is 0 Å². The maximum Gasteiger partial charge on any atom is 0.401 e. The summed E-state index contributed by atoms with van der Waals surface area (Å²) in [7, 11) is 0. The number of carbonyl (C=O) groups is 1. The molecule has 0 saturated heterocycles. The van der Waals surface area contributed by atoms with Gasteiger partial charge in [0.1, 0.15) is 11.6 Å². The first kappa shape index (κ1) is 17.4. The number of ketones is 1. The van der Waals surface area contributed by atoms with Gasteiger partial charge in [-0.15, -0.1) is 0 Å². The molecule has 0 atom stereocenters. The van der Waals surface area contributed by atoms with Crippen LogP contribution in [0.15, 0.2) is 12.1 Å². The van der Waals surface area contributed by atoms with Crippen molar-refractivity contribution in [2.24, 2.45) is 0 Å². The molecule has 0 aliphatic carbocycles. The van der Waals surface area contributed by atoms with Crippen LogP contribution in [0, 0.1) is 5.82 Å². The van der Waals surface area contributed by atoms with E-state index >= 15 is 0 Å². The van der Waals surface area contributed by atoms with Gasteiger partial charge in [-0.05, 0) is 19.1 Å². The molecule has 0 radical (unpaired) electrons. The maximum absolute atomic E-state index is 13.4. The minimum Gasteiger partial charge on any atom is -0.507 e. The molecule has 1 rings (SSSR count). The Bertz CT molecular complexity index is 517. The zero-order valence-corrected chi connectivity index (χ0v) is 11.2. The van der Waals surface area contributed by atoms with Gasteiger partial charge >= 0.3 is 6.18 Å². The molecule has 0 aromatic heterocycles. The summed E-state index contributed by atoms with van der Waals surface area (Å²) in [6.07, 6.45) is -4.50. The third kappa shape index (κ3) is 5.31. The average Bonchev–Trinajstić information content (AvgIpc) is 2.31. The van der Waals surface area contributed by atoms with Gasteiger partial charge in [-0.1, -0.05) is 0 Å². The van der Waals surface area contributed by atoms with Crippen LogP contribution in [-0.4, -0.2) is 46.8 Å². The fourth-order valence-corrected chi connectivity index (χ4v) is 1.89. The predicted octanol–water partition coefficient (Wildman–Crippen LogP) is 2.09. The molecule has 1 aromatic rings. The molecule has 0 spiro atoms. The van der Waals surface area contributed by atoms with Gasteiger partial charge in [0, 0.05) is 18.7 Å². The number of Topliss-reactive ketones (excluding diaryl/α,β-unsaturated/α-hetero) is 1. The molecular formula is C13H15F4NO3. The van der Waals surface area contributed by atoms with Crippen LogP contribution in [0.25, 0.3) is 0 Å². The minimum atomic E-state index is -4.50. The Labute approximate surface area is 118 Å². The van der Waals surface area contributed by atoms with Crippen molar-refractivity contribution in [3.8, 4) is 5.75 Å². The summed E-state index contributed by atoms with van der Waals surface area (Å²) in [6.45, 7) is -1.47. The first-order chi connectivity index (χ1) is 9.64. The highest BCUT2D eigenvalue weighted by Crippen LogP contribution is 2.27. The molecule has 0 unspecified atom stereocenters. The molecule has 118 valence electrons. The molecule has 0 aliphatic rings. The minimum absolute atomic E-state index is 0.141. The van der Waals surface area contributed by atoms with Crippen molar-refractivity contribution in [1.29, 1.82) is 0 Å². The van der Waals surface area contributed by atoms with Gasteiger partial charge in [0.05, 0.1) is 18.7 Å². The van der Waals surface area contributed by atoms with Gasteiger partial charge in [0.2, 0.25) is 0 Å². The lowest BCUT2D eigenvalue weighted by Crippen LogP contribution is -2.35. The van der Waals surface area contributed by atoms with Crippen LogP contribution in [0.2, 0.25) is 0 Å². The summed E-state index contributed by atoms with van der Waals surface area (Å²) in [5, 5.41) is 18.6. The standard InChI is InChI=1S/C13H15F4NO3/c1-8(20)11-5-10(14)4-9(12(11)21)6-18(2-3-19)7-13(15,16)17/h4-5,19,21H,2-3,6-7H2,1H3. The largest absolute Gasteiger partial charge is 0.507 e. The number of aromatic hydroxyl groups is 1. The number of nitrogens with zero attached hydrogens (tertiary/aromatic N) is 1. The quantitative estimate of drug-likeness (QED) is 0.624. The summed E-state index contributed by atoms with van der Waals surface area (Å²) < 4.78 is 50.6. The van der Waals surface area contributed by atoms with E-state index in [2.05, 4.69) is 0 Å². The monoisotopic (exact) mass is 309 g/mol. The summed E-state index contributed by atoms with van der Waals surface area (Å²) in [6, 6.07) is 1.68. The van der Waals surface area contributed by atoms with Crippen LogP contribution in [0.3, 0.4) is 0 Å². The predicted molar refractivity (Wildman–Crippen MR) is 66.5 cm³/mol. The van der Waals surface area contributed by atoms with Gasteiger partial charge in [0.25, 0.3) is 0 Å². The van der Waals surface area contributed by atoms with Gasteiger partial charge in [-0.2, -0.15) is 13.2 Å². The van der Waals surface area contributed by atoms with Crippen LogP contribution in [0.4, 0.5) is 17.6 Å². The van der Waals surface area contributed by atoms with Crippen molar-refractivity contribution in [3.63, 3.8) is 0 Å². The van der Waals surface area contributed by atoms with E-state index in [-0.39, 0.29) is 17.7 Å². The Morgan fingerprint density at radius 3 is 2.43 bits per heavy atom. The number of alkyl halides is 3. The summed E-state index contributed by atoms with van der Waals surface area (Å²) in [5.41, 5.74) is -0.432. The number of phenols is 1. The van der Waals surface area contributed by atoms with Gasteiger partial charge in [-0.3, -0.25) is 9.69 Å². The second-order valence-electron chi connectivity index (χ2n) is 4.57. The van der Waals surface area contributed by atoms with Crippen molar-refractivity contribution < 1.29 is 32.6 Å². The SMILES string of the molecule is CC(=O)c1cc(F)cc(CN(CCO)CC(F)(F)F)c1O. The first-order valence-corrected chi connectivity index (χ1v) is 6.06. The lowest BCUT2D eigenvalue weighted by molar-refractivity contribution is -0.148. The molecule has 21 heavy (non-hydrogen) atoms. The molecule has 1 aromatic carbocycles. The van der Waals surface area contributed by atoms with Gasteiger partial charge in [0.15, 0.2) is 5.78 Å². The molecule has 0 amide bonds. The Morgan fingerprint density at radius 2 is 1.95 bits per heavy atom. The number of hydrogen-bond donors (Lipinski definition) is 2. The summed E-state index contributed by atoms with van der Waals surface area (Å²) in [4.78, 5) is 12.1. The molecule has 0 aliphatic heterocycles. The van der Waals surface area contributed by atoms with E-state index < -0.39 is 43.2 Å². The molecular weight excluding hydrogens is 294 g/mol. The molecule has 4 nitrogen and oxygen atoms in total. The molecule has 8 heteroatoms. The number of aliphatic hydroxyl groups excluding tert-OH is 1. The zero-order valence-electron chi connectivity index (χ0n) is 11.2. The van der Waals surface area contributed by atoms with Crippen LogP contribution >= 0.6 is 0 Å². The van der Waals surface area contributed by atoms with Crippen LogP contribution in [0.5, 0.6) is 5.75 Å². The summed E-state index contributed by atoms with van der Waals surface area (Å²) >= 11 is 0. The fraction of sp³-hybridized carbons (Fsp3) is 0.462. The van der Waals surface area contributed by atoms with E-state index in [9.17, 15) is 27.5 Å².